The largest absolute Gasteiger partial charge is 0.348 e. The topological polar surface area (TPSA) is 61.6 Å². The summed E-state index contributed by atoms with van der Waals surface area (Å²) in [5, 5.41) is 11.8. The summed E-state index contributed by atoms with van der Waals surface area (Å²) in [6, 6.07) is 0.440. The van der Waals surface area contributed by atoms with E-state index in [0.717, 1.165) is 37.0 Å². The second-order valence-corrected chi connectivity index (χ2v) is 6.83. The van der Waals surface area contributed by atoms with Gasteiger partial charge in [-0.2, -0.15) is 0 Å². The summed E-state index contributed by atoms with van der Waals surface area (Å²) in [5.74, 6) is 1.76. The van der Waals surface area contributed by atoms with Crippen LogP contribution in [0.2, 0.25) is 0 Å². The Morgan fingerprint density at radius 1 is 1.33 bits per heavy atom. The molecule has 2 atom stereocenters. The zero-order chi connectivity index (χ0) is 15.6. The lowest BCUT2D eigenvalue weighted by Gasteiger charge is -2.42. The Hall–Kier alpha value is -1.44. The first-order chi connectivity index (χ1) is 11.3. The molecule has 132 valence electrons. The molecule has 0 spiro atoms. The maximum Gasteiger partial charge on any atom is 0.203 e. The number of halogens is 1. The third-order valence-corrected chi connectivity index (χ3v) is 5.10. The lowest BCUT2D eigenvalue weighted by atomic mass is 9.98. The van der Waals surface area contributed by atoms with Gasteiger partial charge in [-0.1, -0.05) is 0 Å². The Kier molecular flexibility index (Phi) is 5.53. The molecule has 2 aliphatic rings. The van der Waals surface area contributed by atoms with Crippen LogP contribution < -0.4 is 10.2 Å². The summed E-state index contributed by atoms with van der Waals surface area (Å²) < 4.78 is 1.94. The average Bonchev–Trinajstić information content (AvgIpc) is 3.05. The van der Waals surface area contributed by atoms with Crippen molar-refractivity contribution < 1.29 is 0 Å². The van der Waals surface area contributed by atoms with Crippen LogP contribution in [0, 0.1) is 5.92 Å². The van der Waals surface area contributed by atoms with Gasteiger partial charge < -0.3 is 10.2 Å². The van der Waals surface area contributed by atoms with Gasteiger partial charge in [-0.25, -0.2) is 4.98 Å². The fraction of sp³-hybridized carbons (Fsp3) is 0.688. The van der Waals surface area contributed by atoms with Gasteiger partial charge in [-0.05, 0) is 38.8 Å². The third kappa shape index (κ3) is 3.48. The second-order valence-electron chi connectivity index (χ2n) is 6.83. The maximum absolute atomic E-state index is 4.57. The molecule has 0 radical (unpaired) electrons. The van der Waals surface area contributed by atoms with Crippen LogP contribution in [0.1, 0.15) is 19.8 Å². The van der Waals surface area contributed by atoms with Gasteiger partial charge >= 0.3 is 0 Å². The lowest BCUT2D eigenvalue weighted by Crippen LogP contribution is -2.54. The summed E-state index contributed by atoms with van der Waals surface area (Å²) >= 11 is 0. The van der Waals surface area contributed by atoms with Crippen molar-refractivity contribution >= 4 is 23.9 Å². The van der Waals surface area contributed by atoms with E-state index in [2.05, 4.69) is 37.2 Å². The minimum absolute atomic E-state index is 0. The van der Waals surface area contributed by atoms with Crippen LogP contribution in [0.4, 0.5) is 5.82 Å². The Balaban J connectivity index is 0.00000169. The van der Waals surface area contributed by atoms with Crippen LogP contribution in [-0.4, -0.2) is 69.8 Å². The quantitative estimate of drug-likeness (QED) is 0.892. The van der Waals surface area contributed by atoms with Gasteiger partial charge in [-0.3, -0.25) is 9.30 Å². The molecule has 2 saturated heterocycles. The van der Waals surface area contributed by atoms with Crippen LogP contribution >= 0.6 is 12.4 Å². The van der Waals surface area contributed by atoms with Crippen molar-refractivity contribution in [3.05, 3.63) is 18.7 Å². The number of nitrogens with one attached hydrogen (secondary N) is 1. The molecule has 0 aliphatic carbocycles. The molecule has 4 heterocycles. The van der Waals surface area contributed by atoms with Crippen molar-refractivity contribution in [3.8, 4) is 0 Å². The molecule has 2 fully saturated rings. The Labute approximate surface area is 148 Å². The molecule has 7 nitrogen and oxygen atoms in total. The van der Waals surface area contributed by atoms with Crippen molar-refractivity contribution in [2.24, 2.45) is 5.92 Å². The zero-order valence-electron chi connectivity index (χ0n) is 14.1. The fourth-order valence-corrected chi connectivity index (χ4v) is 3.91. The van der Waals surface area contributed by atoms with E-state index in [4.69, 9.17) is 0 Å². The monoisotopic (exact) mass is 351 g/mol. The number of hydrogen-bond acceptors (Lipinski definition) is 6. The highest BCUT2D eigenvalue weighted by Crippen LogP contribution is 2.22. The third-order valence-electron chi connectivity index (χ3n) is 5.10. The Morgan fingerprint density at radius 3 is 3.04 bits per heavy atom. The molecule has 4 rings (SSSR count). The minimum Gasteiger partial charge on any atom is -0.348 e. The van der Waals surface area contributed by atoms with E-state index >= 15 is 0 Å². The van der Waals surface area contributed by atoms with Crippen LogP contribution in [0.3, 0.4) is 0 Å². The zero-order valence-corrected chi connectivity index (χ0v) is 15.0. The van der Waals surface area contributed by atoms with Gasteiger partial charge in [0.25, 0.3) is 0 Å². The Bertz CT molecular complexity index is 655. The SMILES string of the molecule is CC1CN(CC2CCCNC2)CCN1c1nccn2cnnc12.Cl. The number of nitrogens with zero attached hydrogens (tertiary/aromatic N) is 6. The van der Waals surface area contributed by atoms with Crippen molar-refractivity contribution in [1.29, 1.82) is 0 Å². The normalized spacial score (nSPS) is 25.6. The van der Waals surface area contributed by atoms with E-state index in [0.29, 0.717) is 6.04 Å². The van der Waals surface area contributed by atoms with E-state index in [1.54, 1.807) is 6.33 Å². The van der Waals surface area contributed by atoms with E-state index in [9.17, 15) is 0 Å². The standard InChI is InChI=1S/C16H25N7.ClH/c1-13-10-21(11-14-3-2-4-17-9-14)7-8-23(13)15-16-20-19-12-22(16)6-5-18-15;/h5-6,12-14,17H,2-4,7-11H2,1H3;1H. The number of fused-ring (bicyclic) bond motifs is 1. The molecular formula is C16H26ClN7. The first-order valence-electron chi connectivity index (χ1n) is 8.65. The highest BCUT2D eigenvalue weighted by atomic mass is 35.5. The Morgan fingerprint density at radius 2 is 2.25 bits per heavy atom. The number of rotatable bonds is 3. The first-order valence-corrected chi connectivity index (χ1v) is 8.65. The number of aromatic nitrogens is 4. The van der Waals surface area contributed by atoms with E-state index in [1.807, 2.05) is 16.8 Å². The van der Waals surface area contributed by atoms with Gasteiger partial charge in [0.2, 0.25) is 5.65 Å². The molecule has 2 unspecified atom stereocenters. The number of piperazine rings is 1. The minimum atomic E-state index is 0. The molecule has 2 aliphatic heterocycles. The van der Waals surface area contributed by atoms with Crippen molar-refractivity contribution in [2.75, 3.05) is 44.2 Å². The molecule has 24 heavy (non-hydrogen) atoms. The molecule has 1 N–H and O–H groups in total. The first kappa shape index (κ1) is 17.4. The van der Waals surface area contributed by atoms with Crippen molar-refractivity contribution in [2.45, 2.75) is 25.8 Å². The van der Waals surface area contributed by atoms with Crippen molar-refractivity contribution in [1.82, 2.24) is 29.8 Å². The molecule has 0 amide bonds. The number of anilines is 1. The molecule has 2 aromatic rings. The molecular weight excluding hydrogens is 326 g/mol. The average molecular weight is 352 g/mol. The second kappa shape index (κ2) is 7.63. The predicted octanol–water partition coefficient (Wildman–Crippen LogP) is 1.06. The van der Waals surface area contributed by atoms with Gasteiger partial charge in [0.1, 0.15) is 6.33 Å². The number of piperidine rings is 1. The molecule has 0 bridgehead atoms. The van der Waals surface area contributed by atoms with Crippen LogP contribution in [0.25, 0.3) is 5.65 Å². The van der Waals surface area contributed by atoms with E-state index in [-0.39, 0.29) is 12.4 Å². The maximum atomic E-state index is 4.57. The predicted molar refractivity (Wildman–Crippen MR) is 96.9 cm³/mol. The summed E-state index contributed by atoms with van der Waals surface area (Å²) in [7, 11) is 0. The summed E-state index contributed by atoms with van der Waals surface area (Å²) in [4.78, 5) is 9.56. The van der Waals surface area contributed by atoms with Gasteiger partial charge in [0.15, 0.2) is 5.82 Å². The summed E-state index contributed by atoms with van der Waals surface area (Å²) in [6.45, 7) is 9.05. The van der Waals surface area contributed by atoms with E-state index < -0.39 is 0 Å². The van der Waals surface area contributed by atoms with E-state index in [1.165, 1.54) is 32.5 Å². The van der Waals surface area contributed by atoms with Crippen molar-refractivity contribution in [3.63, 3.8) is 0 Å². The van der Waals surface area contributed by atoms with Crippen LogP contribution in [-0.2, 0) is 0 Å². The van der Waals surface area contributed by atoms with Crippen LogP contribution in [0.5, 0.6) is 0 Å². The fourth-order valence-electron chi connectivity index (χ4n) is 3.91. The molecule has 8 heteroatoms. The molecule has 0 saturated carbocycles. The highest BCUT2D eigenvalue weighted by Gasteiger charge is 2.28. The highest BCUT2D eigenvalue weighted by molar-refractivity contribution is 5.85. The van der Waals surface area contributed by atoms with Gasteiger partial charge in [-0.15, -0.1) is 22.6 Å². The lowest BCUT2D eigenvalue weighted by molar-refractivity contribution is 0.180. The molecule has 0 aromatic carbocycles. The van der Waals surface area contributed by atoms with Gasteiger partial charge in [0, 0.05) is 44.6 Å². The van der Waals surface area contributed by atoms with Gasteiger partial charge in [0.05, 0.1) is 0 Å². The van der Waals surface area contributed by atoms with Crippen LogP contribution in [0.15, 0.2) is 18.7 Å². The smallest absolute Gasteiger partial charge is 0.203 e. The molecule has 2 aromatic heterocycles. The number of hydrogen-bond donors (Lipinski definition) is 1. The summed E-state index contributed by atoms with van der Waals surface area (Å²) in [5.41, 5.74) is 0.851. The summed E-state index contributed by atoms with van der Waals surface area (Å²) in [6.07, 6.45) is 8.15.